The van der Waals surface area contributed by atoms with E-state index in [2.05, 4.69) is 15.3 Å². The van der Waals surface area contributed by atoms with Crippen LogP contribution >= 0.6 is 11.8 Å². The summed E-state index contributed by atoms with van der Waals surface area (Å²) >= 11 is 1.46. The predicted octanol–water partition coefficient (Wildman–Crippen LogP) is 5.05. The third kappa shape index (κ3) is 5.71. The molecular weight excluding hydrogens is 403 g/mol. The van der Waals surface area contributed by atoms with Crippen molar-refractivity contribution in [1.29, 1.82) is 0 Å². The normalized spacial score (nSPS) is 11.2. The minimum atomic E-state index is -4.55. The molecular formula is C20H16F3N3O2S. The Bertz CT molecular complexity index is 998. The zero-order chi connectivity index (χ0) is 20.9. The summed E-state index contributed by atoms with van der Waals surface area (Å²) in [6.07, 6.45) is 0.265. The summed E-state index contributed by atoms with van der Waals surface area (Å²) in [6, 6.07) is 9.93. The monoisotopic (exact) mass is 419 g/mol. The molecule has 0 fully saturated rings. The molecule has 1 amide bonds. The number of ether oxygens (including phenoxy) is 1. The predicted molar refractivity (Wildman–Crippen MR) is 104 cm³/mol. The van der Waals surface area contributed by atoms with Crippen LogP contribution in [0.15, 0.2) is 66.1 Å². The Kier molecular flexibility index (Phi) is 6.38. The Morgan fingerprint density at radius 3 is 2.69 bits per heavy atom. The molecule has 1 N–H and O–H groups in total. The number of carbonyl (C=O) groups is 1. The van der Waals surface area contributed by atoms with Crippen molar-refractivity contribution in [1.82, 2.24) is 9.97 Å². The van der Waals surface area contributed by atoms with Gasteiger partial charge in [0.05, 0.1) is 18.9 Å². The smallest absolute Gasteiger partial charge is 0.416 e. The van der Waals surface area contributed by atoms with E-state index in [0.717, 1.165) is 22.7 Å². The molecule has 9 heteroatoms. The number of amides is 1. The Labute approximate surface area is 169 Å². The van der Waals surface area contributed by atoms with Crippen LogP contribution in [-0.2, 0) is 11.9 Å². The summed E-state index contributed by atoms with van der Waals surface area (Å²) in [4.78, 5) is 20.7. The Balaban J connectivity index is 1.74. The van der Waals surface area contributed by atoms with E-state index in [0.29, 0.717) is 11.3 Å². The lowest BCUT2D eigenvalue weighted by atomic mass is 10.1. The molecule has 1 heterocycles. The van der Waals surface area contributed by atoms with Crippen LogP contribution in [0.5, 0.6) is 5.75 Å². The van der Waals surface area contributed by atoms with Gasteiger partial charge in [0.1, 0.15) is 10.8 Å². The number of hydrogen-bond donors (Lipinski definition) is 1. The van der Waals surface area contributed by atoms with Gasteiger partial charge >= 0.3 is 6.18 Å². The Hall–Kier alpha value is -3.07. The highest BCUT2D eigenvalue weighted by Crippen LogP contribution is 2.34. The molecule has 29 heavy (non-hydrogen) atoms. The van der Waals surface area contributed by atoms with Crippen molar-refractivity contribution < 1.29 is 22.7 Å². The number of nitrogens with zero attached hydrogens (tertiary/aromatic N) is 2. The second-order valence-electron chi connectivity index (χ2n) is 5.93. The number of methoxy groups -OCH3 is 1. The number of thioether (sulfide) groups is 1. The molecule has 2 aromatic carbocycles. The zero-order valence-corrected chi connectivity index (χ0v) is 16.1. The van der Waals surface area contributed by atoms with Gasteiger partial charge in [-0.25, -0.2) is 4.98 Å². The molecule has 1 aromatic heterocycles. The van der Waals surface area contributed by atoms with Crippen molar-refractivity contribution >= 4 is 23.4 Å². The molecule has 150 valence electrons. The second-order valence-corrected chi connectivity index (χ2v) is 6.93. The number of aromatic nitrogens is 2. The first kappa shape index (κ1) is 20.7. The molecule has 0 saturated heterocycles. The standard InChI is InChI=1S/C20H16F3N3O2S/c1-28-17-9-15(20(21,22)23)8-16(10-17)26-19(27)14-4-2-3-13(7-14)12-29-18-11-24-5-6-25-18/h2-11H,12H2,1H3,(H,26,27). The fourth-order valence-electron chi connectivity index (χ4n) is 2.48. The number of alkyl halides is 3. The summed E-state index contributed by atoms with van der Waals surface area (Å²) in [5.41, 5.74) is 0.302. The number of halogens is 3. The average Bonchev–Trinajstić information content (AvgIpc) is 2.72. The largest absolute Gasteiger partial charge is 0.497 e. The number of nitrogens with one attached hydrogen (secondary N) is 1. The highest BCUT2D eigenvalue weighted by atomic mass is 32.2. The van der Waals surface area contributed by atoms with Crippen LogP contribution < -0.4 is 10.1 Å². The van der Waals surface area contributed by atoms with Crippen molar-refractivity contribution in [3.8, 4) is 5.75 Å². The van der Waals surface area contributed by atoms with Crippen molar-refractivity contribution in [2.45, 2.75) is 17.0 Å². The third-order valence-electron chi connectivity index (χ3n) is 3.84. The summed E-state index contributed by atoms with van der Waals surface area (Å²) in [5, 5.41) is 3.25. The Morgan fingerprint density at radius 2 is 2.00 bits per heavy atom. The average molecular weight is 419 g/mol. The van der Waals surface area contributed by atoms with Crippen molar-refractivity contribution in [3.63, 3.8) is 0 Å². The molecule has 0 bridgehead atoms. The minimum absolute atomic E-state index is 0.000938. The molecule has 0 aliphatic rings. The summed E-state index contributed by atoms with van der Waals surface area (Å²) in [6.45, 7) is 0. The number of anilines is 1. The van der Waals surface area contributed by atoms with Crippen LogP contribution in [0.25, 0.3) is 0 Å². The van der Waals surface area contributed by atoms with Gasteiger partial charge < -0.3 is 10.1 Å². The third-order valence-corrected chi connectivity index (χ3v) is 4.83. The van der Waals surface area contributed by atoms with Gasteiger partial charge in [0.2, 0.25) is 0 Å². The molecule has 0 aliphatic carbocycles. The van der Waals surface area contributed by atoms with E-state index < -0.39 is 17.6 Å². The number of carbonyl (C=O) groups excluding carboxylic acids is 1. The van der Waals surface area contributed by atoms with Crippen LogP contribution in [0.3, 0.4) is 0 Å². The first-order valence-electron chi connectivity index (χ1n) is 8.40. The van der Waals surface area contributed by atoms with Crippen LogP contribution in [0, 0.1) is 0 Å². The summed E-state index contributed by atoms with van der Waals surface area (Å²) in [7, 11) is 1.26. The van der Waals surface area contributed by atoms with E-state index in [-0.39, 0.29) is 11.4 Å². The van der Waals surface area contributed by atoms with E-state index in [4.69, 9.17) is 4.74 Å². The van der Waals surface area contributed by atoms with Gasteiger partial charge in [-0.05, 0) is 29.8 Å². The van der Waals surface area contributed by atoms with Gasteiger partial charge in [0.15, 0.2) is 0 Å². The van der Waals surface area contributed by atoms with Gasteiger partial charge in [-0.1, -0.05) is 12.1 Å². The maximum Gasteiger partial charge on any atom is 0.416 e. The SMILES string of the molecule is COc1cc(NC(=O)c2cccc(CSc3cnccn3)c2)cc(C(F)(F)F)c1. The van der Waals surface area contributed by atoms with Gasteiger partial charge in [-0.2, -0.15) is 13.2 Å². The van der Waals surface area contributed by atoms with E-state index in [1.54, 1.807) is 36.8 Å². The molecule has 0 unspecified atom stereocenters. The maximum atomic E-state index is 13.0. The van der Waals surface area contributed by atoms with Gasteiger partial charge in [0, 0.05) is 35.5 Å². The lowest BCUT2D eigenvalue weighted by Gasteiger charge is -2.13. The van der Waals surface area contributed by atoms with Gasteiger partial charge in [-0.15, -0.1) is 11.8 Å². The fraction of sp³-hybridized carbons (Fsp3) is 0.150. The second kappa shape index (κ2) is 8.95. The van der Waals surface area contributed by atoms with Crippen molar-refractivity contribution in [2.75, 3.05) is 12.4 Å². The van der Waals surface area contributed by atoms with Crippen LogP contribution in [0.4, 0.5) is 18.9 Å². The topological polar surface area (TPSA) is 64.1 Å². The molecule has 3 aromatic rings. The van der Waals surface area contributed by atoms with Crippen LogP contribution in [0.2, 0.25) is 0 Å². The molecule has 5 nitrogen and oxygen atoms in total. The minimum Gasteiger partial charge on any atom is -0.497 e. The molecule has 0 radical (unpaired) electrons. The highest BCUT2D eigenvalue weighted by Gasteiger charge is 2.31. The number of rotatable bonds is 6. The lowest BCUT2D eigenvalue weighted by molar-refractivity contribution is -0.137. The molecule has 0 atom stereocenters. The quantitative estimate of drug-likeness (QED) is 0.567. The van der Waals surface area contributed by atoms with Crippen LogP contribution in [0.1, 0.15) is 21.5 Å². The lowest BCUT2D eigenvalue weighted by Crippen LogP contribution is -2.13. The van der Waals surface area contributed by atoms with E-state index >= 15 is 0 Å². The first-order valence-corrected chi connectivity index (χ1v) is 9.39. The van der Waals surface area contributed by atoms with Gasteiger partial charge in [-0.3, -0.25) is 9.78 Å². The zero-order valence-electron chi connectivity index (χ0n) is 15.2. The van der Waals surface area contributed by atoms with Crippen molar-refractivity contribution in [2.24, 2.45) is 0 Å². The molecule has 3 rings (SSSR count). The fourth-order valence-corrected chi connectivity index (χ4v) is 3.24. The van der Waals surface area contributed by atoms with E-state index in [1.165, 1.54) is 24.9 Å². The van der Waals surface area contributed by atoms with Crippen LogP contribution in [-0.4, -0.2) is 23.0 Å². The summed E-state index contributed by atoms with van der Waals surface area (Å²) in [5.74, 6) is 0.0546. The molecule has 0 spiro atoms. The van der Waals surface area contributed by atoms with Crippen molar-refractivity contribution in [3.05, 3.63) is 77.7 Å². The molecule has 0 aliphatic heterocycles. The Morgan fingerprint density at radius 1 is 1.17 bits per heavy atom. The number of hydrogen-bond acceptors (Lipinski definition) is 5. The number of benzene rings is 2. The van der Waals surface area contributed by atoms with E-state index in [1.807, 2.05) is 6.07 Å². The van der Waals surface area contributed by atoms with Gasteiger partial charge in [0.25, 0.3) is 5.91 Å². The molecule has 0 saturated carbocycles. The van der Waals surface area contributed by atoms with E-state index in [9.17, 15) is 18.0 Å². The summed E-state index contributed by atoms with van der Waals surface area (Å²) < 4.78 is 44.0. The maximum absolute atomic E-state index is 13.0. The first-order chi connectivity index (χ1) is 13.8. The highest BCUT2D eigenvalue weighted by molar-refractivity contribution is 7.98.